The number of hydrogen-bond acceptors (Lipinski definition) is 5. The van der Waals surface area contributed by atoms with Gasteiger partial charge in [-0.3, -0.25) is 19.6 Å². The minimum Gasteiger partial charge on any atom is -0.345 e. The van der Waals surface area contributed by atoms with Gasteiger partial charge in [-0.2, -0.15) is 5.10 Å². The molecule has 1 N–H and O–H groups in total. The van der Waals surface area contributed by atoms with E-state index in [1.165, 1.54) is 23.1 Å². The first-order valence-electron chi connectivity index (χ1n) is 5.54. The first-order chi connectivity index (χ1) is 9.47. The van der Waals surface area contributed by atoms with E-state index in [0.717, 1.165) is 6.07 Å². The SMILES string of the molecule is Cn1cnc(CNC(=O)c2cc([N+](=O)[O-])ccc2Cl)n1. The fourth-order valence-electron chi connectivity index (χ4n) is 1.52. The minimum atomic E-state index is -0.590. The van der Waals surface area contributed by atoms with Gasteiger partial charge in [-0.25, -0.2) is 4.98 Å². The molecule has 0 saturated carbocycles. The summed E-state index contributed by atoms with van der Waals surface area (Å²) in [5, 5.41) is 17.4. The summed E-state index contributed by atoms with van der Waals surface area (Å²) in [6.45, 7) is 0.110. The normalized spacial score (nSPS) is 10.3. The molecule has 20 heavy (non-hydrogen) atoms. The quantitative estimate of drug-likeness (QED) is 0.676. The maximum Gasteiger partial charge on any atom is 0.270 e. The first kappa shape index (κ1) is 13.9. The number of nitro groups is 1. The molecule has 0 atom stereocenters. The van der Waals surface area contributed by atoms with Crippen LogP contribution in [0.5, 0.6) is 0 Å². The molecule has 104 valence electrons. The smallest absolute Gasteiger partial charge is 0.270 e. The van der Waals surface area contributed by atoms with E-state index in [1.807, 2.05) is 0 Å². The summed E-state index contributed by atoms with van der Waals surface area (Å²) >= 11 is 5.86. The van der Waals surface area contributed by atoms with Gasteiger partial charge in [0.15, 0.2) is 5.82 Å². The van der Waals surface area contributed by atoms with E-state index in [-0.39, 0.29) is 22.8 Å². The molecule has 0 aliphatic heterocycles. The third kappa shape index (κ3) is 3.09. The van der Waals surface area contributed by atoms with Crippen LogP contribution in [0.3, 0.4) is 0 Å². The maximum absolute atomic E-state index is 11.9. The predicted molar refractivity (Wildman–Crippen MR) is 70.3 cm³/mol. The Morgan fingerprint density at radius 1 is 1.55 bits per heavy atom. The average molecular weight is 296 g/mol. The number of rotatable bonds is 4. The molecule has 1 amide bonds. The monoisotopic (exact) mass is 295 g/mol. The third-order valence-electron chi connectivity index (χ3n) is 2.46. The second kappa shape index (κ2) is 5.66. The van der Waals surface area contributed by atoms with Crippen LogP contribution in [-0.2, 0) is 13.6 Å². The number of nitro benzene ring substituents is 1. The molecule has 0 unspecified atom stereocenters. The maximum atomic E-state index is 11.9. The van der Waals surface area contributed by atoms with E-state index < -0.39 is 10.8 Å². The number of amides is 1. The lowest BCUT2D eigenvalue weighted by molar-refractivity contribution is -0.384. The van der Waals surface area contributed by atoms with Crippen LogP contribution in [0.1, 0.15) is 16.2 Å². The Balaban J connectivity index is 2.12. The molecule has 1 aromatic carbocycles. The highest BCUT2D eigenvalue weighted by atomic mass is 35.5. The molecule has 9 heteroatoms. The first-order valence-corrected chi connectivity index (χ1v) is 5.92. The van der Waals surface area contributed by atoms with Gasteiger partial charge in [0.25, 0.3) is 11.6 Å². The number of nitrogens with one attached hydrogen (secondary N) is 1. The van der Waals surface area contributed by atoms with Crippen molar-refractivity contribution in [1.29, 1.82) is 0 Å². The summed E-state index contributed by atoms with van der Waals surface area (Å²) in [5.74, 6) is -0.0893. The lowest BCUT2D eigenvalue weighted by Crippen LogP contribution is -2.24. The van der Waals surface area contributed by atoms with Crippen LogP contribution in [0.15, 0.2) is 24.5 Å². The van der Waals surface area contributed by atoms with Crippen LogP contribution in [-0.4, -0.2) is 25.6 Å². The van der Waals surface area contributed by atoms with E-state index >= 15 is 0 Å². The van der Waals surface area contributed by atoms with Crippen molar-refractivity contribution in [2.45, 2.75) is 6.54 Å². The van der Waals surface area contributed by atoms with Crippen LogP contribution < -0.4 is 5.32 Å². The molecule has 8 nitrogen and oxygen atoms in total. The number of non-ortho nitro benzene ring substituents is 1. The third-order valence-corrected chi connectivity index (χ3v) is 2.79. The molecule has 2 aromatic rings. The minimum absolute atomic E-state index is 0.0387. The van der Waals surface area contributed by atoms with Gasteiger partial charge in [0.1, 0.15) is 6.33 Å². The van der Waals surface area contributed by atoms with Gasteiger partial charge in [0, 0.05) is 19.2 Å². The molecule has 0 saturated heterocycles. The Labute approximate surface area is 118 Å². The van der Waals surface area contributed by atoms with Crippen LogP contribution in [0.4, 0.5) is 5.69 Å². The number of carbonyl (C=O) groups excluding carboxylic acids is 1. The van der Waals surface area contributed by atoms with Crippen molar-refractivity contribution in [3.63, 3.8) is 0 Å². The lowest BCUT2D eigenvalue weighted by atomic mass is 10.2. The summed E-state index contributed by atoms with van der Waals surface area (Å²) in [6, 6.07) is 3.68. The van der Waals surface area contributed by atoms with Gasteiger partial charge < -0.3 is 5.32 Å². The Hall–Kier alpha value is -2.48. The van der Waals surface area contributed by atoms with Crippen molar-refractivity contribution in [1.82, 2.24) is 20.1 Å². The number of halogens is 1. The molecule has 2 rings (SSSR count). The van der Waals surface area contributed by atoms with Crippen molar-refractivity contribution in [2.24, 2.45) is 7.05 Å². The molecule has 0 aliphatic rings. The van der Waals surface area contributed by atoms with E-state index in [1.54, 1.807) is 7.05 Å². The van der Waals surface area contributed by atoms with Gasteiger partial charge in [0.2, 0.25) is 0 Å². The highest BCUT2D eigenvalue weighted by molar-refractivity contribution is 6.33. The topological polar surface area (TPSA) is 103 Å². The van der Waals surface area contributed by atoms with Crippen LogP contribution in [0.25, 0.3) is 0 Å². The fourth-order valence-corrected chi connectivity index (χ4v) is 1.72. The Morgan fingerprint density at radius 3 is 2.90 bits per heavy atom. The van der Waals surface area contributed by atoms with Gasteiger partial charge in [0.05, 0.1) is 22.1 Å². The number of aromatic nitrogens is 3. The highest BCUT2D eigenvalue weighted by Gasteiger charge is 2.16. The zero-order valence-electron chi connectivity index (χ0n) is 10.4. The molecule has 0 bridgehead atoms. The second-order valence-electron chi connectivity index (χ2n) is 3.94. The number of nitrogens with zero attached hydrogens (tertiary/aromatic N) is 4. The fraction of sp³-hybridized carbons (Fsp3) is 0.182. The number of hydrogen-bond donors (Lipinski definition) is 1. The largest absolute Gasteiger partial charge is 0.345 e. The Kier molecular flexibility index (Phi) is 3.94. The molecule has 1 heterocycles. The summed E-state index contributed by atoms with van der Waals surface area (Å²) in [5.41, 5.74) is -0.160. The van der Waals surface area contributed by atoms with Crippen molar-refractivity contribution >= 4 is 23.2 Å². The molecular formula is C11H10ClN5O3. The van der Waals surface area contributed by atoms with Gasteiger partial charge in [-0.15, -0.1) is 0 Å². The molecule has 1 aromatic heterocycles. The number of carbonyl (C=O) groups is 1. The second-order valence-corrected chi connectivity index (χ2v) is 4.35. The van der Waals surface area contributed by atoms with Gasteiger partial charge in [-0.05, 0) is 6.07 Å². The van der Waals surface area contributed by atoms with Crippen LogP contribution in [0.2, 0.25) is 5.02 Å². The molecule has 0 radical (unpaired) electrons. The Morgan fingerprint density at radius 2 is 2.30 bits per heavy atom. The van der Waals surface area contributed by atoms with Crippen LogP contribution >= 0.6 is 11.6 Å². The summed E-state index contributed by atoms with van der Waals surface area (Å²) in [4.78, 5) is 26.0. The van der Waals surface area contributed by atoms with E-state index in [0.29, 0.717) is 5.82 Å². The van der Waals surface area contributed by atoms with Crippen molar-refractivity contribution in [2.75, 3.05) is 0 Å². The number of benzene rings is 1. The van der Waals surface area contributed by atoms with Crippen LogP contribution in [0, 0.1) is 10.1 Å². The zero-order chi connectivity index (χ0) is 14.7. The highest BCUT2D eigenvalue weighted by Crippen LogP contribution is 2.21. The van der Waals surface area contributed by atoms with Gasteiger partial charge >= 0.3 is 0 Å². The average Bonchev–Trinajstić information content (AvgIpc) is 2.82. The molecular weight excluding hydrogens is 286 g/mol. The standard InChI is InChI=1S/C11H10ClN5O3/c1-16-6-14-10(15-16)5-13-11(18)8-4-7(17(19)20)2-3-9(8)12/h2-4,6H,5H2,1H3,(H,13,18). The zero-order valence-corrected chi connectivity index (χ0v) is 11.2. The Bertz CT molecular complexity index is 670. The number of aryl methyl sites for hydroxylation is 1. The van der Waals surface area contributed by atoms with E-state index in [9.17, 15) is 14.9 Å². The predicted octanol–water partition coefficient (Wildman–Crippen LogP) is 1.31. The van der Waals surface area contributed by atoms with Gasteiger partial charge in [-0.1, -0.05) is 11.6 Å². The lowest BCUT2D eigenvalue weighted by Gasteiger charge is -2.04. The molecule has 0 aliphatic carbocycles. The molecule has 0 spiro atoms. The van der Waals surface area contributed by atoms with Crippen molar-refractivity contribution in [3.05, 3.63) is 51.1 Å². The summed E-state index contributed by atoms with van der Waals surface area (Å²) < 4.78 is 1.50. The van der Waals surface area contributed by atoms with E-state index in [2.05, 4.69) is 15.4 Å². The molecule has 0 fully saturated rings. The summed E-state index contributed by atoms with van der Waals surface area (Å²) in [7, 11) is 1.70. The van der Waals surface area contributed by atoms with Crippen molar-refractivity contribution < 1.29 is 9.72 Å². The summed E-state index contributed by atoms with van der Waals surface area (Å²) in [6.07, 6.45) is 1.50. The van der Waals surface area contributed by atoms with Crippen molar-refractivity contribution in [3.8, 4) is 0 Å². The van der Waals surface area contributed by atoms with E-state index in [4.69, 9.17) is 11.6 Å².